The standard InChI is InChI=1S/C6H10O4/c1-9-6-5(8)4(7)2-3-10-6/h2-8H,1H3/t4-,5+,6-/m0/s1. The molecule has 4 nitrogen and oxygen atoms in total. The van der Waals surface area contributed by atoms with Crippen molar-refractivity contribution in [1.29, 1.82) is 0 Å². The average Bonchev–Trinajstić information content (AvgIpc) is 1.95. The molecule has 0 aromatic heterocycles. The molecule has 0 spiro atoms. The maximum atomic E-state index is 9.09. The van der Waals surface area contributed by atoms with Gasteiger partial charge >= 0.3 is 0 Å². The molecular weight excluding hydrogens is 136 g/mol. The summed E-state index contributed by atoms with van der Waals surface area (Å²) >= 11 is 0. The molecule has 0 fully saturated rings. The average molecular weight is 146 g/mol. The minimum atomic E-state index is -0.991. The predicted molar refractivity (Wildman–Crippen MR) is 33.0 cm³/mol. The summed E-state index contributed by atoms with van der Waals surface area (Å²) in [5, 5.41) is 18.1. The lowest BCUT2D eigenvalue weighted by Crippen LogP contribution is -2.40. The smallest absolute Gasteiger partial charge is 0.227 e. The van der Waals surface area contributed by atoms with Crippen LogP contribution in [0, 0.1) is 0 Å². The van der Waals surface area contributed by atoms with Crippen LogP contribution in [0.15, 0.2) is 12.3 Å². The van der Waals surface area contributed by atoms with Crippen LogP contribution in [-0.4, -0.2) is 35.8 Å². The van der Waals surface area contributed by atoms with Gasteiger partial charge in [-0.05, 0) is 6.08 Å². The number of methoxy groups -OCH3 is 1. The van der Waals surface area contributed by atoms with Crippen molar-refractivity contribution in [3.63, 3.8) is 0 Å². The van der Waals surface area contributed by atoms with Crippen LogP contribution in [0.1, 0.15) is 0 Å². The first kappa shape index (κ1) is 7.53. The van der Waals surface area contributed by atoms with Gasteiger partial charge in [0.25, 0.3) is 0 Å². The van der Waals surface area contributed by atoms with Crippen LogP contribution in [0.2, 0.25) is 0 Å². The third kappa shape index (κ3) is 1.29. The topological polar surface area (TPSA) is 58.9 Å². The van der Waals surface area contributed by atoms with E-state index in [-0.39, 0.29) is 0 Å². The normalized spacial score (nSPS) is 39.3. The first-order valence-electron chi connectivity index (χ1n) is 2.97. The lowest BCUT2D eigenvalue weighted by atomic mass is 10.2. The molecule has 1 aliphatic rings. The molecule has 0 amide bonds. The summed E-state index contributed by atoms with van der Waals surface area (Å²) in [6.07, 6.45) is 0.0415. The number of aliphatic hydroxyl groups is 2. The maximum Gasteiger partial charge on any atom is 0.227 e. The number of aliphatic hydroxyl groups excluding tert-OH is 2. The van der Waals surface area contributed by atoms with Crippen molar-refractivity contribution in [2.75, 3.05) is 7.11 Å². The van der Waals surface area contributed by atoms with Crippen molar-refractivity contribution in [2.45, 2.75) is 18.5 Å². The number of ether oxygens (including phenoxy) is 2. The van der Waals surface area contributed by atoms with E-state index >= 15 is 0 Å². The lowest BCUT2D eigenvalue weighted by Gasteiger charge is -2.26. The van der Waals surface area contributed by atoms with Gasteiger partial charge < -0.3 is 19.7 Å². The van der Waals surface area contributed by atoms with Gasteiger partial charge in [0.15, 0.2) is 0 Å². The van der Waals surface area contributed by atoms with Gasteiger partial charge in [-0.15, -0.1) is 0 Å². The summed E-state index contributed by atoms with van der Waals surface area (Å²) in [5.41, 5.74) is 0. The van der Waals surface area contributed by atoms with Gasteiger partial charge in [0.05, 0.1) is 6.26 Å². The lowest BCUT2D eigenvalue weighted by molar-refractivity contribution is -0.181. The molecule has 0 radical (unpaired) electrons. The molecule has 58 valence electrons. The van der Waals surface area contributed by atoms with Gasteiger partial charge in [0.2, 0.25) is 6.29 Å². The Morgan fingerprint density at radius 1 is 1.50 bits per heavy atom. The zero-order valence-electron chi connectivity index (χ0n) is 5.60. The van der Waals surface area contributed by atoms with Crippen molar-refractivity contribution in [2.24, 2.45) is 0 Å². The van der Waals surface area contributed by atoms with E-state index in [1.165, 1.54) is 19.4 Å². The largest absolute Gasteiger partial charge is 0.470 e. The molecule has 1 heterocycles. The first-order valence-corrected chi connectivity index (χ1v) is 2.97. The van der Waals surface area contributed by atoms with Crippen LogP contribution in [-0.2, 0) is 9.47 Å². The second-order valence-electron chi connectivity index (χ2n) is 2.05. The van der Waals surface area contributed by atoms with Crippen molar-refractivity contribution < 1.29 is 19.7 Å². The van der Waals surface area contributed by atoms with E-state index in [1.54, 1.807) is 0 Å². The van der Waals surface area contributed by atoms with Gasteiger partial charge in [-0.1, -0.05) is 0 Å². The fourth-order valence-corrected chi connectivity index (χ4v) is 0.754. The molecule has 1 rings (SSSR count). The number of rotatable bonds is 1. The Hall–Kier alpha value is -0.580. The van der Waals surface area contributed by atoms with Crippen molar-refractivity contribution in [3.8, 4) is 0 Å². The van der Waals surface area contributed by atoms with Gasteiger partial charge in [-0.2, -0.15) is 0 Å². The Kier molecular flexibility index (Phi) is 2.26. The zero-order chi connectivity index (χ0) is 7.56. The predicted octanol–water partition coefficient (Wildman–Crippen LogP) is -0.775. The number of hydrogen-bond acceptors (Lipinski definition) is 4. The van der Waals surface area contributed by atoms with Crippen LogP contribution >= 0.6 is 0 Å². The fraction of sp³-hybridized carbons (Fsp3) is 0.667. The van der Waals surface area contributed by atoms with Gasteiger partial charge in [-0.25, -0.2) is 0 Å². The third-order valence-electron chi connectivity index (χ3n) is 1.35. The van der Waals surface area contributed by atoms with Crippen LogP contribution in [0.3, 0.4) is 0 Å². The molecule has 0 aliphatic carbocycles. The van der Waals surface area contributed by atoms with Crippen molar-refractivity contribution in [1.82, 2.24) is 0 Å². The van der Waals surface area contributed by atoms with E-state index in [1.807, 2.05) is 0 Å². The second kappa shape index (κ2) is 3.01. The monoisotopic (exact) mass is 146 g/mol. The Bertz CT molecular complexity index is 134. The summed E-state index contributed by atoms with van der Waals surface area (Å²) in [4.78, 5) is 0. The molecule has 3 atom stereocenters. The van der Waals surface area contributed by atoms with Crippen molar-refractivity contribution in [3.05, 3.63) is 12.3 Å². The zero-order valence-corrected chi connectivity index (χ0v) is 5.60. The van der Waals surface area contributed by atoms with E-state index in [0.717, 1.165) is 0 Å². The number of hydrogen-bond donors (Lipinski definition) is 2. The minimum absolute atomic E-state index is 0.750. The van der Waals surface area contributed by atoms with Crippen LogP contribution in [0.5, 0.6) is 0 Å². The van der Waals surface area contributed by atoms with Crippen molar-refractivity contribution >= 4 is 0 Å². The Balaban J connectivity index is 2.56. The molecular formula is C6H10O4. The molecule has 0 saturated heterocycles. The molecule has 4 heteroatoms. The Morgan fingerprint density at radius 3 is 2.70 bits per heavy atom. The van der Waals surface area contributed by atoms with E-state index in [2.05, 4.69) is 0 Å². The third-order valence-corrected chi connectivity index (χ3v) is 1.35. The molecule has 0 aromatic carbocycles. The fourth-order valence-electron chi connectivity index (χ4n) is 0.754. The quantitative estimate of drug-likeness (QED) is 0.509. The van der Waals surface area contributed by atoms with E-state index in [9.17, 15) is 0 Å². The highest BCUT2D eigenvalue weighted by atomic mass is 16.7. The SMILES string of the molecule is CO[C@H]1OC=C[C@H](O)[C@H]1O. The molecule has 0 aromatic rings. The van der Waals surface area contributed by atoms with E-state index in [4.69, 9.17) is 19.7 Å². The Morgan fingerprint density at radius 2 is 2.20 bits per heavy atom. The Labute approximate surface area is 58.7 Å². The maximum absolute atomic E-state index is 9.09. The molecule has 1 aliphatic heterocycles. The van der Waals surface area contributed by atoms with Crippen LogP contribution in [0.25, 0.3) is 0 Å². The van der Waals surface area contributed by atoms with E-state index < -0.39 is 18.5 Å². The first-order chi connectivity index (χ1) is 4.75. The van der Waals surface area contributed by atoms with E-state index in [0.29, 0.717) is 0 Å². The summed E-state index contributed by atoms with van der Waals surface area (Å²) in [6, 6.07) is 0. The van der Waals surface area contributed by atoms with Crippen LogP contribution < -0.4 is 0 Å². The van der Waals surface area contributed by atoms with Gasteiger partial charge in [0, 0.05) is 7.11 Å². The molecule has 0 unspecified atom stereocenters. The molecule has 0 saturated carbocycles. The van der Waals surface area contributed by atoms with Gasteiger partial charge in [-0.3, -0.25) is 0 Å². The minimum Gasteiger partial charge on any atom is -0.470 e. The molecule has 2 N–H and O–H groups in total. The summed E-state index contributed by atoms with van der Waals surface area (Å²) in [6.45, 7) is 0. The second-order valence-corrected chi connectivity index (χ2v) is 2.05. The highest BCUT2D eigenvalue weighted by Crippen LogP contribution is 2.11. The van der Waals surface area contributed by atoms with Crippen LogP contribution in [0.4, 0.5) is 0 Å². The summed E-state index contributed by atoms with van der Waals surface area (Å²) in [7, 11) is 1.40. The highest BCUT2D eigenvalue weighted by Gasteiger charge is 2.28. The molecule has 0 bridgehead atoms. The highest BCUT2D eigenvalue weighted by molar-refractivity contribution is 4.93. The molecule has 10 heavy (non-hydrogen) atoms. The summed E-state index contributed by atoms with van der Waals surface area (Å²) in [5.74, 6) is 0. The van der Waals surface area contributed by atoms with Gasteiger partial charge in [0.1, 0.15) is 12.2 Å². The summed E-state index contributed by atoms with van der Waals surface area (Å²) < 4.78 is 9.49.